The maximum Gasteiger partial charge on any atom is 0.244 e. The summed E-state index contributed by atoms with van der Waals surface area (Å²) in [5.41, 5.74) is 12.0. The molecule has 0 saturated heterocycles. The van der Waals surface area contributed by atoms with E-state index in [0.29, 0.717) is 12.0 Å². The van der Waals surface area contributed by atoms with Gasteiger partial charge in [0.25, 0.3) is 0 Å². The highest BCUT2D eigenvalue weighted by Crippen LogP contribution is 2.34. The molecule has 0 fully saturated rings. The first-order chi connectivity index (χ1) is 10.8. The summed E-state index contributed by atoms with van der Waals surface area (Å²) in [6.07, 6.45) is 2.01. The monoisotopic (exact) mass is 332 g/mol. The van der Waals surface area contributed by atoms with E-state index < -0.39 is 40.6 Å². The Labute approximate surface area is 128 Å². The molecule has 0 aliphatic rings. The second-order valence-electron chi connectivity index (χ2n) is 4.37. The van der Waals surface area contributed by atoms with Crippen molar-refractivity contribution in [2.24, 2.45) is 10.8 Å². The van der Waals surface area contributed by atoms with Crippen LogP contribution in [0.2, 0.25) is 0 Å². The molecule has 2 N–H and O–H groups in total. The molecule has 1 amide bonds. The maximum absolute atomic E-state index is 13.6. The maximum atomic E-state index is 13.6. The van der Waals surface area contributed by atoms with Crippen LogP contribution in [0.4, 0.5) is 23.2 Å². The number of hydrogen-bond acceptors (Lipinski definition) is 3. The van der Waals surface area contributed by atoms with Crippen LogP contribution in [0.5, 0.6) is 5.75 Å². The first-order valence-electron chi connectivity index (χ1n) is 6.31. The molecule has 0 bridgehead atoms. The summed E-state index contributed by atoms with van der Waals surface area (Å²) in [5, 5.41) is 2.56. The van der Waals surface area contributed by atoms with E-state index in [2.05, 4.69) is 10.0 Å². The second kappa shape index (κ2) is 8.04. The number of primary amides is 1. The predicted molar refractivity (Wildman–Crippen MR) is 72.8 cm³/mol. The number of allylic oxidation sites excluding steroid dienone is 1. The molecule has 10 heteroatoms. The van der Waals surface area contributed by atoms with E-state index >= 15 is 0 Å². The van der Waals surface area contributed by atoms with E-state index in [-0.39, 0.29) is 13.0 Å². The number of rotatable bonds is 7. The zero-order chi connectivity index (χ0) is 17.6. The Balaban J connectivity index is 2.85. The molecule has 0 atom stereocenters. The van der Waals surface area contributed by atoms with Crippen LogP contribution < -0.4 is 10.5 Å². The third kappa shape index (κ3) is 4.36. The number of nitrogens with two attached hydrogens (primary N) is 1. The van der Waals surface area contributed by atoms with E-state index in [1.165, 1.54) is 13.0 Å². The van der Waals surface area contributed by atoms with Gasteiger partial charge in [0.2, 0.25) is 17.5 Å². The van der Waals surface area contributed by atoms with Gasteiger partial charge in [0.05, 0.1) is 6.61 Å². The lowest BCUT2D eigenvalue weighted by atomic mass is 10.2. The number of carbonyl (C=O) groups excluding carboxylic acids is 1. The number of unbranched alkanes of at least 4 members (excludes halogenated alkanes) is 1. The smallest absolute Gasteiger partial charge is 0.244 e. The van der Waals surface area contributed by atoms with Crippen molar-refractivity contribution >= 4 is 11.6 Å². The van der Waals surface area contributed by atoms with Gasteiger partial charge < -0.3 is 10.5 Å². The van der Waals surface area contributed by atoms with E-state index in [4.69, 9.17) is 16.0 Å². The zero-order valence-corrected chi connectivity index (χ0v) is 11.9. The molecule has 0 unspecified atom stereocenters. The Bertz CT molecular complexity index is 671. The number of carbonyl (C=O) groups is 1. The molecule has 1 rings (SSSR count). The molecule has 0 aromatic heterocycles. The second-order valence-corrected chi connectivity index (χ2v) is 4.37. The van der Waals surface area contributed by atoms with Gasteiger partial charge in [-0.15, -0.1) is 0 Å². The molecule has 1 aromatic carbocycles. The predicted octanol–water partition coefficient (Wildman–Crippen LogP) is 3.78. The normalized spacial score (nSPS) is 11.1. The van der Waals surface area contributed by atoms with E-state index in [0.717, 1.165) is 0 Å². The first-order valence-corrected chi connectivity index (χ1v) is 6.31. The van der Waals surface area contributed by atoms with Crippen LogP contribution in [-0.4, -0.2) is 12.5 Å². The minimum absolute atomic E-state index is 0.213. The van der Waals surface area contributed by atoms with Crippen molar-refractivity contribution in [3.63, 3.8) is 0 Å². The SMILES string of the molecule is CC(=CCCCOc1c(F)c(F)c(N=[N+]=[N-])c(F)c1F)C(N)=O. The molecule has 0 heterocycles. The van der Waals surface area contributed by atoms with Gasteiger partial charge in [0, 0.05) is 10.5 Å². The highest BCUT2D eigenvalue weighted by atomic mass is 19.2. The Morgan fingerprint density at radius 3 is 2.30 bits per heavy atom. The number of nitrogens with zero attached hydrogens (tertiary/aromatic N) is 3. The highest BCUT2D eigenvalue weighted by Gasteiger charge is 2.25. The standard InChI is InChI=1S/C13H12F4N4O2/c1-6(13(18)22)4-2-3-5-23-12-9(16)7(14)11(20-21-19)8(15)10(12)17/h4H,2-3,5H2,1H3,(H2,18,22). The fourth-order valence-corrected chi connectivity index (χ4v) is 1.54. The molecule has 0 aliphatic heterocycles. The van der Waals surface area contributed by atoms with Gasteiger partial charge in [0.15, 0.2) is 17.4 Å². The molecule has 6 nitrogen and oxygen atoms in total. The summed E-state index contributed by atoms with van der Waals surface area (Å²) >= 11 is 0. The molecular weight excluding hydrogens is 320 g/mol. The average Bonchev–Trinajstić information content (AvgIpc) is 2.51. The van der Waals surface area contributed by atoms with Crippen LogP contribution >= 0.6 is 0 Å². The third-order valence-electron chi connectivity index (χ3n) is 2.78. The van der Waals surface area contributed by atoms with Crippen molar-refractivity contribution in [2.45, 2.75) is 19.8 Å². The van der Waals surface area contributed by atoms with Gasteiger partial charge in [-0.25, -0.2) is 8.78 Å². The lowest BCUT2D eigenvalue weighted by Gasteiger charge is -2.10. The number of hydrogen-bond donors (Lipinski definition) is 1. The van der Waals surface area contributed by atoms with E-state index in [9.17, 15) is 22.4 Å². The lowest BCUT2D eigenvalue weighted by Crippen LogP contribution is -2.11. The first kappa shape index (κ1) is 18.3. The molecule has 23 heavy (non-hydrogen) atoms. The Hall–Kier alpha value is -2.74. The number of halogens is 4. The quantitative estimate of drug-likeness (QED) is 0.156. The summed E-state index contributed by atoms with van der Waals surface area (Å²) in [6.45, 7) is 1.22. The van der Waals surface area contributed by atoms with Gasteiger partial charge in [-0.2, -0.15) is 8.78 Å². The van der Waals surface area contributed by atoms with Crippen LogP contribution in [0.25, 0.3) is 10.4 Å². The average molecular weight is 332 g/mol. The largest absolute Gasteiger partial charge is 0.487 e. The minimum Gasteiger partial charge on any atom is -0.487 e. The fourth-order valence-electron chi connectivity index (χ4n) is 1.54. The number of azide groups is 1. The molecule has 0 spiro atoms. The molecular formula is C13H12F4N4O2. The van der Waals surface area contributed by atoms with Crippen LogP contribution in [0.3, 0.4) is 0 Å². The van der Waals surface area contributed by atoms with Gasteiger partial charge in [-0.05, 0) is 25.3 Å². The Morgan fingerprint density at radius 2 is 1.83 bits per heavy atom. The molecule has 0 saturated carbocycles. The Kier molecular flexibility index (Phi) is 6.40. The summed E-state index contributed by atoms with van der Waals surface area (Å²) < 4.78 is 58.9. The third-order valence-corrected chi connectivity index (χ3v) is 2.78. The number of amides is 1. The van der Waals surface area contributed by atoms with Gasteiger partial charge >= 0.3 is 0 Å². The van der Waals surface area contributed by atoms with Gasteiger partial charge in [-0.1, -0.05) is 11.2 Å². The van der Waals surface area contributed by atoms with Crippen LogP contribution in [-0.2, 0) is 4.79 Å². The highest BCUT2D eigenvalue weighted by molar-refractivity contribution is 5.91. The fraction of sp³-hybridized carbons (Fsp3) is 0.308. The van der Waals surface area contributed by atoms with Crippen molar-refractivity contribution in [1.29, 1.82) is 0 Å². The van der Waals surface area contributed by atoms with Gasteiger partial charge in [-0.3, -0.25) is 4.79 Å². The lowest BCUT2D eigenvalue weighted by molar-refractivity contribution is -0.114. The minimum atomic E-state index is -1.85. The number of ether oxygens (including phenoxy) is 1. The van der Waals surface area contributed by atoms with Crippen molar-refractivity contribution in [3.05, 3.63) is 45.4 Å². The van der Waals surface area contributed by atoms with E-state index in [1.807, 2.05) is 0 Å². The van der Waals surface area contributed by atoms with Crippen LogP contribution in [0.15, 0.2) is 16.8 Å². The van der Waals surface area contributed by atoms with Crippen LogP contribution in [0.1, 0.15) is 19.8 Å². The van der Waals surface area contributed by atoms with Crippen molar-refractivity contribution in [2.75, 3.05) is 6.61 Å². The van der Waals surface area contributed by atoms with Gasteiger partial charge in [0.1, 0.15) is 5.69 Å². The van der Waals surface area contributed by atoms with Crippen LogP contribution in [0, 0.1) is 23.3 Å². The van der Waals surface area contributed by atoms with Crippen molar-refractivity contribution in [3.8, 4) is 5.75 Å². The zero-order valence-electron chi connectivity index (χ0n) is 11.9. The summed E-state index contributed by atoms with van der Waals surface area (Å²) in [6, 6.07) is 0. The summed E-state index contributed by atoms with van der Waals surface area (Å²) in [4.78, 5) is 12.8. The summed E-state index contributed by atoms with van der Waals surface area (Å²) in [5.74, 6) is -9.14. The molecule has 0 aliphatic carbocycles. The topological polar surface area (TPSA) is 101 Å². The van der Waals surface area contributed by atoms with E-state index in [1.54, 1.807) is 0 Å². The molecule has 1 aromatic rings. The van der Waals surface area contributed by atoms with Crippen molar-refractivity contribution in [1.82, 2.24) is 0 Å². The number of benzene rings is 1. The Morgan fingerprint density at radius 1 is 1.26 bits per heavy atom. The molecule has 124 valence electrons. The van der Waals surface area contributed by atoms with Crippen molar-refractivity contribution < 1.29 is 27.1 Å². The molecule has 0 radical (unpaired) electrons. The summed E-state index contributed by atoms with van der Waals surface area (Å²) in [7, 11) is 0.